The Morgan fingerprint density at radius 2 is 1.78 bits per heavy atom. The first-order valence-corrected chi connectivity index (χ1v) is 16.9. The van der Waals surface area contributed by atoms with E-state index in [9.17, 15) is 25.2 Å². The van der Waals surface area contributed by atoms with Crippen molar-refractivity contribution >= 4 is 23.0 Å². The molecule has 1 aliphatic rings. The summed E-state index contributed by atoms with van der Waals surface area (Å²) in [4.78, 5) is 23.7. The highest BCUT2D eigenvalue weighted by Gasteiger charge is 2.26. The van der Waals surface area contributed by atoms with E-state index in [0.717, 1.165) is 42.8 Å². The molecule has 260 valence electrons. The second kappa shape index (κ2) is 20.5. The van der Waals surface area contributed by atoms with Gasteiger partial charge in [-0.05, 0) is 71.1 Å². The molecule has 13 heteroatoms. The van der Waals surface area contributed by atoms with Gasteiger partial charge < -0.3 is 40.0 Å². The van der Waals surface area contributed by atoms with E-state index in [-0.39, 0.29) is 31.0 Å². The molecule has 0 aromatic carbocycles. The van der Waals surface area contributed by atoms with Gasteiger partial charge in [0.15, 0.2) is 24.8 Å². The number of hydrogen-bond acceptors (Lipinski definition) is 11. The molecule has 2 aromatic rings. The molecule has 0 amide bonds. The van der Waals surface area contributed by atoms with Gasteiger partial charge in [0, 0.05) is 12.1 Å². The second-order valence-electron chi connectivity index (χ2n) is 12.5. The van der Waals surface area contributed by atoms with Gasteiger partial charge in [-0.15, -0.1) is 0 Å². The van der Waals surface area contributed by atoms with Crippen LogP contribution in [0.25, 0.3) is 11.2 Å². The summed E-state index contributed by atoms with van der Waals surface area (Å²) >= 11 is 0. The van der Waals surface area contributed by atoms with Gasteiger partial charge in [0.2, 0.25) is 5.52 Å². The van der Waals surface area contributed by atoms with Crippen LogP contribution in [-0.4, -0.2) is 97.9 Å². The Labute approximate surface area is 272 Å². The van der Waals surface area contributed by atoms with Crippen LogP contribution in [0.15, 0.2) is 24.8 Å². The maximum absolute atomic E-state index is 11.5. The van der Waals surface area contributed by atoms with Crippen LogP contribution in [0.3, 0.4) is 0 Å². The number of hydrogen-bond donors (Lipinski definition) is 6. The zero-order chi connectivity index (χ0) is 33.3. The summed E-state index contributed by atoms with van der Waals surface area (Å²) in [7, 11) is 0. The number of imidazole rings is 1. The molecule has 0 radical (unpaired) electrons. The number of aromatic nitrogens is 4. The SMILES string of the molecule is C=C(C)C(=O)OCC(O)COC1CC[C@@H](O)C[C@@H](OC(O)CCCCNc2ncnc3c2[nH]c[n+]3CCCCCC)CCC(O)C1. The number of aryl methyl sites for hydroxylation is 1. The third-order valence-corrected chi connectivity index (χ3v) is 8.23. The van der Waals surface area contributed by atoms with Crippen LogP contribution in [0.5, 0.6) is 0 Å². The third-order valence-electron chi connectivity index (χ3n) is 8.23. The number of nitrogens with one attached hydrogen (secondary N) is 2. The summed E-state index contributed by atoms with van der Waals surface area (Å²) in [6.45, 7) is 8.57. The molecular formula is C33H56N5O8+. The molecule has 1 aliphatic carbocycles. The fourth-order valence-electron chi connectivity index (χ4n) is 5.59. The van der Waals surface area contributed by atoms with E-state index in [1.54, 1.807) is 6.33 Å². The number of ether oxygens (including phenoxy) is 3. The van der Waals surface area contributed by atoms with Gasteiger partial charge in [0.1, 0.15) is 12.7 Å². The highest BCUT2D eigenvalue weighted by molar-refractivity contribution is 5.86. The summed E-state index contributed by atoms with van der Waals surface area (Å²) in [5.41, 5.74) is 2.02. The van der Waals surface area contributed by atoms with Crippen molar-refractivity contribution in [3.8, 4) is 0 Å². The third kappa shape index (κ3) is 13.6. The molecule has 1 fully saturated rings. The molecule has 3 rings (SSSR count). The number of unbranched alkanes of at least 4 members (excludes halogenated alkanes) is 4. The standard InChI is InChI=1S/C33H55N5O8/c1-4-5-6-9-16-38-22-37-30-31(35-21-36-32(30)38)34-15-8-7-10-29(42)46-28-14-12-24(39)17-27(13-11-25(40)18-28)44-19-26(41)20-45-33(43)23(2)3/h21-22,24-29,39-42H,2,4-20H2,1,3H3,(H,34,35,36)/p+1/t24?,25-,26?,27?,28+,29?/m1/s1. The molecule has 1 saturated carbocycles. The number of fused-ring (bicyclic) bond motifs is 1. The molecule has 2 heterocycles. The van der Waals surface area contributed by atoms with Crippen LogP contribution in [-0.2, 0) is 25.5 Å². The zero-order valence-electron chi connectivity index (χ0n) is 27.6. The summed E-state index contributed by atoms with van der Waals surface area (Å²) in [6, 6.07) is 0. The van der Waals surface area contributed by atoms with Gasteiger partial charge in [0.05, 0.1) is 37.6 Å². The quantitative estimate of drug-likeness (QED) is 0.0432. The monoisotopic (exact) mass is 650 g/mol. The van der Waals surface area contributed by atoms with E-state index < -0.39 is 30.6 Å². The fourth-order valence-corrected chi connectivity index (χ4v) is 5.59. The number of aromatic amines is 1. The number of aliphatic hydroxyl groups excluding tert-OH is 4. The first kappa shape index (κ1) is 37.8. The Balaban J connectivity index is 1.35. The predicted molar refractivity (Wildman–Crippen MR) is 173 cm³/mol. The minimum absolute atomic E-state index is 0.0566. The van der Waals surface area contributed by atoms with E-state index in [0.29, 0.717) is 51.5 Å². The van der Waals surface area contributed by atoms with Crippen LogP contribution >= 0.6 is 0 Å². The Morgan fingerprint density at radius 1 is 1.04 bits per heavy atom. The summed E-state index contributed by atoms with van der Waals surface area (Å²) < 4.78 is 18.8. The van der Waals surface area contributed by atoms with Crippen LogP contribution in [0.4, 0.5) is 5.82 Å². The number of aliphatic hydroxyl groups is 4. The van der Waals surface area contributed by atoms with Gasteiger partial charge in [-0.25, -0.2) is 9.36 Å². The predicted octanol–water partition coefficient (Wildman–Crippen LogP) is 3.05. The van der Waals surface area contributed by atoms with Crippen molar-refractivity contribution < 1.29 is 44.0 Å². The molecule has 4 unspecified atom stereocenters. The zero-order valence-corrected chi connectivity index (χ0v) is 27.6. The minimum Gasteiger partial charge on any atom is -0.460 e. The average Bonchev–Trinajstić information content (AvgIpc) is 3.45. The largest absolute Gasteiger partial charge is 0.460 e. The second-order valence-corrected chi connectivity index (χ2v) is 12.5. The lowest BCUT2D eigenvalue weighted by Crippen LogP contribution is -2.33. The van der Waals surface area contributed by atoms with Gasteiger partial charge in [0.25, 0.3) is 0 Å². The van der Waals surface area contributed by atoms with Crippen molar-refractivity contribution in [1.82, 2.24) is 15.0 Å². The smallest absolute Gasteiger partial charge is 0.333 e. The lowest BCUT2D eigenvalue weighted by atomic mass is 9.94. The maximum atomic E-state index is 11.5. The molecule has 13 nitrogen and oxygen atoms in total. The fraction of sp³-hybridized carbons (Fsp3) is 0.758. The van der Waals surface area contributed by atoms with Gasteiger partial charge in [-0.1, -0.05) is 37.7 Å². The minimum atomic E-state index is -1.00. The van der Waals surface area contributed by atoms with Crippen molar-refractivity contribution in [2.45, 2.75) is 141 Å². The van der Waals surface area contributed by atoms with E-state index in [2.05, 4.69) is 38.3 Å². The molecule has 2 aromatic heterocycles. The molecular weight excluding hydrogens is 594 g/mol. The van der Waals surface area contributed by atoms with Crippen molar-refractivity contribution in [3.05, 3.63) is 24.8 Å². The van der Waals surface area contributed by atoms with Crippen molar-refractivity contribution in [1.29, 1.82) is 0 Å². The summed E-state index contributed by atoms with van der Waals surface area (Å²) in [5.74, 6) is 0.184. The average molecular weight is 651 g/mol. The van der Waals surface area contributed by atoms with Crippen LogP contribution in [0.2, 0.25) is 0 Å². The normalized spacial score (nSPS) is 22.3. The Bertz CT molecular complexity index is 1180. The number of carbonyl (C=O) groups excluding carboxylic acids is 1. The highest BCUT2D eigenvalue weighted by Crippen LogP contribution is 2.24. The first-order valence-electron chi connectivity index (χ1n) is 16.9. The molecule has 0 spiro atoms. The van der Waals surface area contributed by atoms with Gasteiger partial charge >= 0.3 is 11.6 Å². The maximum Gasteiger partial charge on any atom is 0.333 e. The number of esters is 1. The van der Waals surface area contributed by atoms with Crippen LogP contribution in [0.1, 0.15) is 97.3 Å². The number of rotatable bonds is 19. The Morgan fingerprint density at radius 3 is 2.52 bits per heavy atom. The molecule has 0 aliphatic heterocycles. The lowest BCUT2D eigenvalue weighted by molar-refractivity contribution is -0.673. The lowest BCUT2D eigenvalue weighted by Gasteiger charge is -2.29. The Kier molecular flexibility index (Phi) is 16.9. The van der Waals surface area contributed by atoms with Crippen LogP contribution in [0, 0.1) is 0 Å². The molecule has 6 atom stereocenters. The number of H-pyrrole nitrogens is 1. The van der Waals surface area contributed by atoms with Gasteiger partial charge in [-0.2, -0.15) is 4.98 Å². The van der Waals surface area contributed by atoms with Crippen LogP contribution < -0.4 is 9.88 Å². The number of carbonyl (C=O) groups is 1. The van der Waals surface area contributed by atoms with E-state index in [1.807, 2.05) is 6.33 Å². The highest BCUT2D eigenvalue weighted by atomic mass is 16.6. The molecule has 6 N–H and O–H groups in total. The van der Waals surface area contributed by atoms with E-state index in [4.69, 9.17) is 14.2 Å². The van der Waals surface area contributed by atoms with E-state index in [1.165, 1.54) is 26.2 Å². The number of anilines is 1. The van der Waals surface area contributed by atoms with Crippen molar-refractivity contribution in [3.63, 3.8) is 0 Å². The molecule has 46 heavy (non-hydrogen) atoms. The number of nitrogens with zero attached hydrogens (tertiary/aromatic N) is 3. The van der Waals surface area contributed by atoms with E-state index >= 15 is 0 Å². The first-order chi connectivity index (χ1) is 22.2. The Hall–Kier alpha value is -2.68. The summed E-state index contributed by atoms with van der Waals surface area (Å²) in [5, 5.41) is 45.3. The molecule has 0 bridgehead atoms. The van der Waals surface area contributed by atoms with Crippen molar-refractivity contribution in [2.24, 2.45) is 0 Å². The summed E-state index contributed by atoms with van der Waals surface area (Å²) in [6.07, 6.45) is 8.78. The van der Waals surface area contributed by atoms with Crippen molar-refractivity contribution in [2.75, 3.05) is 25.1 Å². The topological polar surface area (TPSA) is 183 Å². The van der Waals surface area contributed by atoms with Gasteiger partial charge in [-0.3, -0.25) is 4.98 Å². The molecule has 0 saturated heterocycles.